The molecule has 1 heterocycles. The summed E-state index contributed by atoms with van der Waals surface area (Å²) in [6, 6.07) is 12.3. The minimum absolute atomic E-state index is 0.226. The number of hydrogen-bond acceptors (Lipinski definition) is 4. The number of benzene rings is 2. The molecule has 0 spiro atoms. The summed E-state index contributed by atoms with van der Waals surface area (Å²) in [7, 11) is 0. The highest BCUT2D eigenvalue weighted by Gasteiger charge is 2.19. The van der Waals surface area contributed by atoms with Crippen molar-refractivity contribution in [2.45, 2.75) is 52.3 Å². The SMILES string of the molecule is CC(C)c1ncncc1-c1cc(-c2ccc(F)cc2)cc(C(O)NC(C)(C)C)c1. The van der Waals surface area contributed by atoms with Crippen molar-refractivity contribution >= 4 is 0 Å². The Morgan fingerprint density at radius 2 is 1.62 bits per heavy atom. The maximum Gasteiger partial charge on any atom is 0.131 e. The summed E-state index contributed by atoms with van der Waals surface area (Å²) in [6.45, 7) is 10.2. The second-order valence-electron chi connectivity index (χ2n) is 8.62. The number of hydrogen-bond donors (Lipinski definition) is 2. The Morgan fingerprint density at radius 3 is 2.24 bits per heavy atom. The first-order valence-corrected chi connectivity index (χ1v) is 9.81. The molecule has 0 amide bonds. The molecular weight excluding hydrogens is 365 g/mol. The third-order valence-corrected chi connectivity index (χ3v) is 4.62. The molecule has 0 aliphatic rings. The van der Waals surface area contributed by atoms with Crippen molar-refractivity contribution in [2.24, 2.45) is 0 Å². The molecule has 0 aliphatic carbocycles. The molecule has 3 aromatic rings. The van der Waals surface area contributed by atoms with Crippen LogP contribution in [0.25, 0.3) is 22.3 Å². The number of aromatic nitrogens is 2. The molecule has 5 heteroatoms. The smallest absolute Gasteiger partial charge is 0.131 e. The second kappa shape index (κ2) is 8.39. The minimum atomic E-state index is -0.846. The number of nitrogens with zero attached hydrogens (tertiary/aromatic N) is 2. The van der Waals surface area contributed by atoms with Gasteiger partial charge in [-0.2, -0.15) is 0 Å². The average molecular weight is 394 g/mol. The van der Waals surface area contributed by atoms with Crippen LogP contribution in [0.1, 0.15) is 58.0 Å². The highest BCUT2D eigenvalue weighted by Crippen LogP contribution is 2.33. The number of aliphatic hydroxyl groups excluding tert-OH is 1. The van der Waals surface area contributed by atoms with E-state index in [1.807, 2.05) is 39.0 Å². The van der Waals surface area contributed by atoms with E-state index in [0.717, 1.165) is 33.5 Å². The minimum Gasteiger partial charge on any atom is -0.374 e. The maximum absolute atomic E-state index is 13.4. The number of aliphatic hydroxyl groups is 1. The molecule has 0 bridgehead atoms. The van der Waals surface area contributed by atoms with Crippen molar-refractivity contribution in [3.8, 4) is 22.3 Å². The normalized spacial score (nSPS) is 13.0. The zero-order valence-electron chi connectivity index (χ0n) is 17.6. The van der Waals surface area contributed by atoms with E-state index in [1.165, 1.54) is 12.1 Å². The van der Waals surface area contributed by atoms with Gasteiger partial charge in [0.25, 0.3) is 0 Å². The van der Waals surface area contributed by atoms with E-state index < -0.39 is 6.23 Å². The van der Waals surface area contributed by atoms with Crippen LogP contribution in [0.4, 0.5) is 4.39 Å². The van der Waals surface area contributed by atoms with Crippen LogP contribution in [0.3, 0.4) is 0 Å². The van der Waals surface area contributed by atoms with Crippen LogP contribution in [0.15, 0.2) is 55.0 Å². The first kappa shape index (κ1) is 21.1. The lowest BCUT2D eigenvalue weighted by molar-refractivity contribution is 0.107. The molecule has 1 unspecified atom stereocenters. The third-order valence-electron chi connectivity index (χ3n) is 4.62. The van der Waals surface area contributed by atoms with Gasteiger partial charge in [0.05, 0.1) is 5.69 Å². The van der Waals surface area contributed by atoms with Crippen molar-refractivity contribution in [1.29, 1.82) is 0 Å². The Kier molecular flexibility index (Phi) is 6.10. The van der Waals surface area contributed by atoms with Crippen molar-refractivity contribution in [2.75, 3.05) is 0 Å². The predicted octanol–water partition coefficient (Wildman–Crippen LogP) is 5.45. The molecule has 0 saturated heterocycles. The van der Waals surface area contributed by atoms with Crippen molar-refractivity contribution < 1.29 is 9.50 Å². The third kappa shape index (κ3) is 5.25. The lowest BCUT2D eigenvalue weighted by Gasteiger charge is -2.26. The van der Waals surface area contributed by atoms with Crippen LogP contribution in [-0.2, 0) is 0 Å². The summed E-state index contributed by atoms with van der Waals surface area (Å²) in [5.41, 5.74) is 5.03. The topological polar surface area (TPSA) is 58.0 Å². The molecular formula is C24H28FN3O. The zero-order valence-corrected chi connectivity index (χ0v) is 17.6. The molecule has 0 radical (unpaired) electrons. The van der Waals surface area contributed by atoms with Gasteiger partial charge in [-0.15, -0.1) is 0 Å². The van der Waals surface area contributed by atoms with Gasteiger partial charge in [0.1, 0.15) is 18.4 Å². The fourth-order valence-electron chi connectivity index (χ4n) is 3.29. The van der Waals surface area contributed by atoms with Crippen LogP contribution in [0, 0.1) is 5.82 Å². The van der Waals surface area contributed by atoms with Crippen molar-refractivity contribution in [1.82, 2.24) is 15.3 Å². The molecule has 1 aromatic heterocycles. The Balaban J connectivity index is 2.17. The number of halogens is 1. The molecule has 0 saturated carbocycles. The van der Waals surface area contributed by atoms with Gasteiger partial charge in [-0.3, -0.25) is 5.32 Å². The Hall–Kier alpha value is -2.63. The lowest BCUT2D eigenvalue weighted by atomic mass is 9.93. The van der Waals surface area contributed by atoms with Gasteiger partial charge < -0.3 is 5.11 Å². The molecule has 152 valence electrons. The van der Waals surface area contributed by atoms with Gasteiger partial charge in [0, 0.05) is 17.3 Å². The molecule has 3 rings (SSSR count). The summed E-state index contributed by atoms with van der Waals surface area (Å²) in [6.07, 6.45) is 2.51. The molecule has 1 atom stereocenters. The zero-order chi connectivity index (χ0) is 21.2. The second-order valence-corrected chi connectivity index (χ2v) is 8.62. The van der Waals surface area contributed by atoms with E-state index in [0.29, 0.717) is 0 Å². The van der Waals surface area contributed by atoms with Gasteiger partial charge in [-0.05, 0) is 79.3 Å². The summed E-state index contributed by atoms with van der Waals surface area (Å²) < 4.78 is 13.4. The van der Waals surface area contributed by atoms with Crippen molar-refractivity contribution in [3.63, 3.8) is 0 Å². The molecule has 0 fully saturated rings. The maximum atomic E-state index is 13.4. The number of rotatable bonds is 5. The van der Waals surface area contributed by atoms with Crippen LogP contribution in [0.5, 0.6) is 0 Å². The Bertz CT molecular complexity index is 978. The molecule has 0 aliphatic heterocycles. The van der Waals surface area contributed by atoms with Gasteiger partial charge in [0.2, 0.25) is 0 Å². The first-order chi connectivity index (χ1) is 13.6. The summed E-state index contributed by atoms with van der Waals surface area (Å²) in [5.74, 6) is -0.0540. The van der Waals surface area contributed by atoms with E-state index >= 15 is 0 Å². The van der Waals surface area contributed by atoms with E-state index in [9.17, 15) is 9.50 Å². The standard InChI is InChI=1S/C24H28FN3O/c1-15(2)22-21(13-26-14-27-22)18-10-17(16-6-8-20(25)9-7-16)11-19(12-18)23(29)28-24(3,4)5/h6-15,23,28-29H,1-5H3. The lowest BCUT2D eigenvalue weighted by Crippen LogP contribution is -2.38. The van der Waals surface area contributed by atoms with Gasteiger partial charge in [-0.1, -0.05) is 26.0 Å². The van der Waals surface area contributed by atoms with Crippen LogP contribution in [0.2, 0.25) is 0 Å². The average Bonchev–Trinajstić information content (AvgIpc) is 2.67. The molecule has 29 heavy (non-hydrogen) atoms. The van der Waals surface area contributed by atoms with Crippen LogP contribution in [-0.4, -0.2) is 20.6 Å². The summed E-state index contributed by atoms with van der Waals surface area (Å²) in [5, 5.41) is 14.0. The summed E-state index contributed by atoms with van der Waals surface area (Å²) >= 11 is 0. The molecule has 2 N–H and O–H groups in total. The van der Waals surface area contributed by atoms with E-state index in [2.05, 4.69) is 29.1 Å². The summed E-state index contributed by atoms with van der Waals surface area (Å²) in [4.78, 5) is 8.68. The highest BCUT2D eigenvalue weighted by molar-refractivity contribution is 5.75. The Labute approximate surface area is 171 Å². The Morgan fingerprint density at radius 1 is 0.966 bits per heavy atom. The van der Waals surface area contributed by atoms with E-state index in [1.54, 1.807) is 24.7 Å². The monoisotopic (exact) mass is 393 g/mol. The van der Waals surface area contributed by atoms with Gasteiger partial charge in [-0.25, -0.2) is 14.4 Å². The quantitative estimate of drug-likeness (QED) is 0.566. The largest absolute Gasteiger partial charge is 0.374 e. The molecule has 4 nitrogen and oxygen atoms in total. The highest BCUT2D eigenvalue weighted by atomic mass is 19.1. The fraction of sp³-hybridized carbons (Fsp3) is 0.333. The van der Waals surface area contributed by atoms with E-state index in [4.69, 9.17) is 0 Å². The van der Waals surface area contributed by atoms with Crippen LogP contribution < -0.4 is 5.32 Å². The number of nitrogens with one attached hydrogen (secondary N) is 1. The first-order valence-electron chi connectivity index (χ1n) is 9.81. The van der Waals surface area contributed by atoms with Crippen molar-refractivity contribution in [3.05, 3.63) is 72.1 Å². The van der Waals surface area contributed by atoms with Gasteiger partial charge in [0.15, 0.2) is 0 Å². The van der Waals surface area contributed by atoms with Crippen LogP contribution >= 0.6 is 0 Å². The predicted molar refractivity (Wildman–Crippen MR) is 115 cm³/mol. The molecule has 2 aromatic carbocycles. The fourth-order valence-corrected chi connectivity index (χ4v) is 3.29. The van der Waals surface area contributed by atoms with E-state index in [-0.39, 0.29) is 17.3 Å². The van der Waals surface area contributed by atoms with Gasteiger partial charge >= 0.3 is 0 Å².